The molecule has 0 bridgehead atoms. The largest absolute Gasteiger partial charge is 0.489 e. The minimum Gasteiger partial charge on any atom is -0.489 e. The Labute approximate surface area is 243 Å². The van der Waals surface area contributed by atoms with Crippen molar-refractivity contribution >= 4 is 29.6 Å². The topological polar surface area (TPSA) is 113 Å². The van der Waals surface area contributed by atoms with Crippen molar-refractivity contribution in [3.05, 3.63) is 58.4 Å². The summed E-state index contributed by atoms with van der Waals surface area (Å²) < 4.78 is 26.9. The second-order valence-electron chi connectivity index (χ2n) is 11.8. The van der Waals surface area contributed by atoms with Crippen LogP contribution in [0.3, 0.4) is 0 Å². The van der Waals surface area contributed by atoms with Crippen molar-refractivity contribution < 1.29 is 28.2 Å². The second kappa shape index (κ2) is 11.1. The average Bonchev–Trinajstić information content (AvgIpc) is 3.56. The number of hydrogen-bond donors (Lipinski definition) is 2. The zero-order valence-electron chi connectivity index (χ0n) is 23.3. The number of aliphatic imine (C=N–C) groups is 1. The fraction of sp³-hybridized carbons (Fsp3) is 0.484. The van der Waals surface area contributed by atoms with Crippen LogP contribution < -0.4 is 15.4 Å². The molecule has 2 N–H and O–H groups in total. The Hall–Kier alpha value is -3.83. The highest BCUT2D eigenvalue weighted by Crippen LogP contribution is 2.33. The van der Waals surface area contributed by atoms with Gasteiger partial charge in [0.2, 0.25) is 11.8 Å². The predicted octanol–water partition coefficient (Wildman–Crippen LogP) is 2.84. The van der Waals surface area contributed by atoms with Gasteiger partial charge in [-0.05, 0) is 67.1 Å². The van der Waals surface area contributed by atoms with Gasteiger partial charge in [-0.15, -0.1) is 0 Å². The molecule has 42 heavy (non-hydrogen) atoms. The van der Waals surface area contributed by atoms with Crippen LogP contribution in [0.25, 0.3) is 0 Å². The van der Waals surface area contributed by atoms with Crippen LogP contribution >= 0.6 is 0 Å². The van der Waals surface area contributed by atoms with E-state index in [2.05, 4.69) is 20.5 Å². The Morgan fingerprint density at radius 1 is 1.07 bits per heavy atom. The van der Waals surface area contributed by atoms with Crippen LogP contribution in [0.15, 0.2) is 35.3 Å². The lowest BCUT2D eigenvalue weighted by molar-refractivity contribution is -0.136. The minimum atomic E-state index is -0.640. The van der Waals surface area contributed by atoms with E-state index in [1.54, 1.807) is 24.4 Å². The Kier molecular flexibility index (Phi) is 7.15. The van der Waals surface area contributed by atoms with E-state index in [9.17, 15) is 14.4 Å². The predicted molar refractivity (Wildman–Crippen MR) is 152 cm³/mol. The molecule has 2 aromatic carbocycles. The molecule has 0 aromatic heterocycles. The summed E-state index contributed by atoms with van der Waals surface area (Å²) in [5, 5.41) is 5.65. The molecule has 2 aromatic rings. The molecule has 3 amide bonds. The van der Waals surface area contributed by atoms with E-state index in [0.717, 1.165) is 55.7 Å². The number of ether oxygens (including phenoxy) is 2. The summed E-state index contributed by atoms with van der Waals surface area (Å²) in [6.07, 6.45) is 4.89. The van der Waals surface area contributed by atoms with Crippen molar-refractivity contribution in [2.45, 2.75) is 63.5 Å². The molecule has 3 fully saturated rings. The highest BCUT2D eigenvalue weighted by Gasteiger charge is 2.39. The first-order valence-corrected chi connectivity index (χ1v) is 14.8. The summed E-state index contributed by atoms with van der Waals surface area (Å²) in [4.78, 5) is 45.3. The zero-order chi connectivity index (χ0) is 28.8. The van der Waals surface area contributed by atoms with Gasteiger partial charge in [0.25, 0.3) is 5.91 Å². The fourth-order valence-electron chi connectivity index (χ4n) is 6.76. The molecule has 220 valence electrons. The van der Waals surface area contributed by atoms with Crippen LogP contribution in [-0.2, 0) is 27.4 Å². The number of piperidine rings is 1. The third-order valence-electron chi connectivity index (χ3n) is 8.99. The number of hydrogen-bond acceptors (Lipinski definition) is 8. The van der Waals surface area contributed by atoms with Crippen LogP contribution in [0.4, 0.5) is 10.1 Å². The quantitative estimate of drug-likeness (QED) is 0.510. The Bertz CT molecular complexity index is 1460. The smallest absolute Gasteiger partial charge is 0.255 e. The number of rotatable bonds is 6. The van der Waals surface area contributed by atoms with Gasteiger partial charge in [-0.2, -0.15) is 0 Å². The number of benzene rings is 2. The summed E-state index contributed by atoms with van der Waals surface area (Å²) in [7, 11) is 0. The number of likely N-dealkylation sites (tertiary alicyclic amines) is 1. The normalized spacial score (nSPS) is 26.2. The molecule has 0 saturated carbocycles. The number of anilines is 1. The maximum absolute atomic E-state index is 15.2. The Morgan fingerprint density at radius 2 is 1.93 bits per heavy atom. The van der Waals surface area contributed by atoms with Gasteiger partial charge in [0.15, 0.2) is 0 Å². The van der Waals surface area contributed by atoms with Gasteiger partial charge in [0, 0.05) is 69.1 Å². The first-order chi connectivity index (χ1) is 20.4. The van der Waals surface area contributed by atoms with Crippen molar-refractivity contribution in [3.63, 3.8) is 0 Å². The van der Waals surface area contributed by atoms with E-state index in [0.29, 0.717) is 49.0 Å². The van der Waals surface area contributed by atoms with E-state index in [4.69, 9.17) is 9.47 Å². The number of nitrogens with one attached hydrogen (secondary N) is 2. The van der Waals surface area contributed by atoms with Gasteiger partial charge < -0.3 is 19.7 Å². The Balaban J connectivity index is 0.956. The van der Waals surface area contributed by atoms with Crippen LogP contribution in [0.1, 0.15) is 59.2 Å². The molecule has 3 saturated heterocycles. The molecule has 0 unspecified atom stereocenters. The lowest BCUT2D eigenvalue weighted by Crippen LogP contribution is -2.52. The zero-order valence-corrected chi connectivity index (χ0v) is 23.3. The fourth-order valence-corrected chi connectivity index (χ4v) is 6.76. The van der Waals surface area contributed by atoms with Gasteiger partial charge in [-0.3, -0.25) is 29.6 Å². The van der Waals surface area contributed by atoms with E-state index in [-0.39, 0.29) is 36.3 Å². The molecule has 10 nitrogen and oxygen atoms in total. The van der Waals surface area contributed by atoms with Gasteiger partial charge in [0.05, 0.1) is 5.69 Å². The number of amides is 3. The van der Waals surface area contributed by atoms with Gasteiger partial charge in [0.1, 0.15) is 29.9 Å². The van der Waals surface area contributed by atoms with Crippen LogP contribution in [0.2, 0.25) is 0 Å². The molecular weight excluding hydrogens is 541 g/mol. The number of carbonyl (C=O) groups is 3. The first kappa shape index (κ1) is 27.0. The average molecular weight is 576 g/mol. The van der Waals surface area contributed by atoms with Crippen molar-refractivity contribution in [3.8, 4) is 5.75 Å². The number of nitrogens with zero attached hydrogens (tertiary/aromatic N) is 3. The highest BCUT2D eigenvalue weighted by atomic mass is 19.1. The van der Waals surface area contributed by atoms with Crippen molar-refractivity contribution in [2.75, 3.05) is 31.6 Å². The molecule has 5 aliphatic rings. The van der Waals surface area contributed by atoms with Gasteiger partial charge in [-0.1, -0.05) is 0 Å². The van der Waals surface area contributed by atoms with Crippen molar-refractivity contribution in [1.29, 1.82) is 0 Å². The summed E-state index contributed by atoms with van der Waals surface area (Å²) in [6, 6.07) is 8.41. The standard InChI is InChI=1S/C31H34FN5O5/c32-25-12-18(11-20-14-33-29(35-28(20)25)19-6-9-41-10-7-19)15-36-8-5-23(17-36)42-22-1-2-24-21(13-22)16-37(31(24)40)26-3-4-27(38)34-30(26)39/h1-2,11-14,19,23,26,29,35H,3-10,15-17H2,(H,34,38,39)/t23-,26-,29+/m0/s1. The third kappa shape index (κ3) is 5.27. The van der Waals surface area contributed by atoms with E-state index in [1.165, 1.54) is 4.90 Å². The minimum absolute atomic E-state index is 0.0303. The molecule has 5 heterocycles. The molecule has 3 atom stereocenters. The molecule has 0 spiro atoms. The monoisotopic (exact) mass is 575 g/mol. The van der Waals surface area contributed by atoms with Crippen molar-refractivity contribution in [1.82, 2.24) is 15.1 Å². The second-order valence-corrected chi connectivity index (χ2v) is 11.8. The molecule has 11 heteroatoms. The lowest BCUT2D eigenvalue weighted by Gasteiger charge is -2.31. The summed E-state index contributed by atoms with van der Waals surface area (Å²) >= 11 is 0. The number of imide groups is 1. The van der Waals surface area contributed by atoms with Crippen LogP contribution in [0, 0.1) is 11.7 Å². The van der Waals surface area contributed by atoms with Gasteiger partial charge >= 0.3 is 0 Å². The summed E-state index contributed by atoms with van der Waals surface area (Å²) in [5.41, 5.74) is 3.58. The first-order valence-electron chi connectivity index (χ1n) is 14.8. The lowest BCUT2D eigenvalue weighted by atomic mass is 9.95. The Morgan fingerprint density at radius 3 is 2.76 bits per heavy atom. The molecular formula is C31H34FN5O5. The number of halogens is 1. The van der Waals surface area contributed by atoms with E-state index in [1.807, 2.05) is 12.1 Å². The highest BCUT2D eigenvalue weighted by molar-refractivity contribution is 6.05. The molecule has 7 rings (SSSR count). The molecule has 0 radical (unpaired) electrons. The third-order valence-corrected chi connectivity index (χ3v) is 8.99. The maximum Gasteiger partial charge on any atom is 0.255 e. The van der Waals surface area contributed by atoms with E-state index >= 15 is 4.39 Å². The van der Waals surface area contributed by atoms with Gasteiger partial charge in [-0.25, -0.2) is 4.39 Å². The molecule has 0 aliphatic carbocycles. The SMILES string of the molecule is O=C1CC[C@H](N2Cc3cc(O[C@H]4CCN(Cc5cc(F)c6c(c5)C=N[C@@H](C5CCOCC5)N6)C4)ccc3C2=O)C(=O)N1. The molecule has 5 aliphatic heterocycles. The maximum atomic E-state index is 15.2. The van der Waals surface area contributed by atoms with Crippen LogP contribution in [-0.4, -0.2) is 78.4 Å². The van der Waals surface area contributed by atoms with Crippen LogP contribution in [0.5, 0.6) is 5.75 Å². The summed E-state index contributed by atoms with van der Waals surface area (Å²) in [5.74, 6) is -0.148. The number of fused-ring (bicyclic) bond motifs is 2. The summed E-state index contributed by atoms with van der Waals surface area (Å²) in [6.45, 7) is 3.90. The number of carbonyl (C=O) groups excluding carboxylic acids is 3. The van der Waals surface area contributed by atoms with E-state index < -0.39 is 11.9 Å². The van der Waals surface area contributed by atoms with Crippen molar-refractivity contribution in [2.24, 2.45) is 10.9 Å².